The molecule has 2 aromatic heterocycles. The summed E-state index contributed by atoms with van der Waals surface area (Å²) in [5.41, 5.74) is 1.26. The van der Waals surface area contributed by atoms with Gasteiger partial charge >= 0.3 is 0 Å². The van der Waals surface area contributed by atoms with Gasteiger partial charge in [0.2, 0.25) is 0 Å². The number of hydrogen-bond donors (Lipinski definition) is 1. The van der Waals surface area contributed by atoms with Crippen molar-refractivity contribution in [2.24, 2.45) is 0 Å². The molecule has 0 unspecified atom stereocenters. The fraction of sp³-hybridized carbons (Fsp3) is 0.467. The minimum absolute atomic E-state index is 0.839. The van der Waals surface area contributed by atoms with Gasteiger partial charge in [-0.3, -0.25) is 4.90 Å². The van der Waals surface area contributed by atoms with Crippen molar-refractivity contribution in [2.75, 3.05) is 13.6 Å². The summed E-state index contributed by atoms with van der Waals surface area (Å²) in [6, 6.07) is 4.24. The molecule has 2 aromatic rings. The number of furan rings is 1. The predicted molar refractivity (Wildman–Crippen MR) is 87.9 cm³/mol. The lowest BCUT2D eigenvalue weighted by atomic mass is 10.2. The number of thiophene rings is 1. The van der Waals surface area contributed by atoms with Crippen molar-refractivity contribution in [1.29, 1.82) is 0 Å². The van der Waals surface area contributed by atoms with Crippen LogP contribution in [-0.2, 0) is 19.6 Å². The Hall–Kier alpha value is -0.620. The number of nitrogens with zero attached hydrogens (tertiary/aromatic N) is 1. The van der Waals surface area contributed by atoms with Crippen LogP contribution in [0.1, 0.15) is 29.5 Å². The molecular weight excluding hydrogens is 336 g/mol. The molecule has 1 N–H and O–H groups in total. The van der Waals surface area contributed by atoms with Crippen LogP contribution in [-0.4, -0.2) is 18.5 Å². The van der Waals surface area contributed by atoms with E-state index < -0.39 is 0 Å². The number of rotatable bonds is 8. The van der Waals surface area contributed by atoms with Crippen LogP contribution in [0.2, 0.25) is 0 Å². The lowest BCUT2D eigenvalue weighted by Crippen LogP contribution is -2.19. The highest BCUT2D eigenvalue weighted by Gasteiger charge is 2.10. The van der Waals surface area contributed by atoms with Gasteiger partial charge in [0.25, 0.3) is 0 Å². The van der Waals surface area contributed by atoms with Gasteiger partial charge in [-0.15, -0.1) is 11.3 Å². The lowest BCUT2D eigenvalue weighted by molar-refractivity contribution is 0.288. The van der Waals surface area contributed by atoms with Gasteiger partial charge in [0.1, 0.15) is 5.76 Å². The maximum atomic E-state index is 5.62. The Morgan fingerprint density at radius 3 is 2.95 bits per heavy atom. The average Bonchev–Trinajstić information content (AvgIpc) is 3.00. The maximum Gasteiger partial charge on any atom is 0.122 e. The van der Waals surface area contributed by atoms with Crippen molar-refractivity contribution in [2.45, 2.75) is 33.0 Å². The van der Waals surface area contributed by atoms with Crippen molar-refractivity contribution < 1.29 is 4.42 Å². The molecule has 0 aliphatic carbocycles. The number of hydrogen-bond acceptors (Lipinski definition) is 4. The molecule has 20 heavy (non-hydrogen) atoms. The molecule has 0 atom stereocenters. The molecule has 0 aliphatic heterocycles. The van der Waals surface area contributed by atoms with Crippen molar-refractivity contribution in [1.82, 2.24) is 10.2 Å². The maximum absolute atomic E-state index is 5.62. The van der Waals surface area contributed by atoms with Gasteiger partial charge in [-0.25, -0.2) is 0 Å². The van der Waals surface area contributed by atoms with Crippen molar-refractivity contribution in [3.63, 3.8) is 0 Å². The fourth-order valence-electron chi connectivity index (χ4n) is 2.07. The minimum Gasteiger partial charge on any atom is -0.468 e. The molecule has 0 radical (unpaired) electrons. The highest BCUT2D eigenvalue weighted by molar-refractivity contribution is 9.10. The first-order chi connectivity index (χ1) is 9.69. The number of halogens is 1. The van der Waals surface area contributed by atoms with Crippen LogP contribution in [0.5, 0.6) is 0 Å². The van der Waals surface area contributed by atoms with Crippen molar-refractivity contribution in [3.05, 3.63) is 44.4 Å². The Bertz CT molecular complexity index is 523. The van der Waals surface area contributed by atoms with Crippen LogP contribution in [0.25, 0.3) is 0 Å². The van der Waals surface area contributed by atoms with E-state index in [1.54, 1.807) is 17.6 Å². The second-order valence-corrected chi connectivity index (χ2v) is 6.86. The zero-order chi connectivity index (χ0) is 14.4. The van der Waals surface area contributed by atoms with E-state index in [2.05, 4.69) is 57.6 Å². The van der Waals surface area contributed by atoms with Gasteiger partial charge in [0.05, 0.1) is 12.8 Å². The van der Waals surface area contributed by atoms with E-state index in [1.165, 1.54) is 10.4 Å². The molecule has 0 fully saturated rings. The molecule has 0 aromatic carbocycles. The fourth-order valence-corrected chi connectivity index (χ4v) is 3.60. The van der Waals surface area contributed by atoms with Crippen LogP contribution in [0, 0.1) is 0 Å². The van der Waals surface area contributed by atoms with Crippen LogP contribution in [0.3, 0.4) is 0 Å². The minimum atomic E-state index is 0.839. The topological polar surface area (TPSA) is 28.4 Å². The summed E-state index contributed by atoms with van der Waals surface area (Å²) < 4.78 is 6.78. The van der Waals surface area contributed by atoms with E-state index in [4.69, 9.17) is 4.42 Å². The highest BCUT2D eigenvalue weighted by atomic mass is 79.9. The smallest absolute Gasteiger partial charge is 0.122 e. The normalized spacial score (nSPS) is 11.4. The summed E-state index contributed by atoms with van der Waals surface area (Å²) in [6.07, 6.45) is 2.94. The van der Waals surface area contributed by atoms with Crippen LogP contribution in [0.15, 0.2) is 32.7 Å². The Labute approximate surface area is 133 Å². The first-order valence-corrected chi connectivity index (χ1v) is 8.53. The third-order valence-electron chi connectivity index (χ3n) is 3.04. The largest absolute Gasteiger partial charge is 0.468 e. The van der Waals surface area contributed by atoms with E-state index in [9.17, 15) is 0 Å². The quantitative estimate of drug-likeness (QED) is 0.717. The molecule has 110 valence electrons. The molecule has 0 spiro atoms. The van der Waals surface area contributed by atoms with Crippen molar-refractivity contribution in [3.8, 4) is 0 Å². The molecule has 0 aliphatic rings. The molecule has 5 heteroatoms. The molecule has 2 rings (SSSR count). The first-order valence-electron chi connectivity index (χ1n) is 6.86. The van der Waals surface area contributed by atoms with Gasteiger partial charge in [0, 0.05) is 33.4 Å². The average molecular weight is 357 g/mol. The van der Waals surface area contributed by atoms with Crippen LogP contribution < -0.4 is 5.32 Å². The molecule has 0 bridgehead atoms. The SMILES string of the molecule is CCCNCc1ccoc1CN(C)Cc1cc(Br)cs1. The Balaban J connectivity index is 1.87. The van der Waals surface area contributed by atoms with E-state index in [0.717, 1.165) is 42.8 Å². The molecular formula is C15H21BrN2OS. The third kappa shape index (κ3) is 4.74. The Morgan fingerprint density at radius 1 is 1.40 bits per heavy atom. The van der Waals surface area contributed by atoms with E-state index in [-0.39, 0.29) is 0 Å². The predicted octanol–water partition coefficient (Wildman–Crippen LogP) is 4.24. The zero-order valence-corrected chi connectivity index (χ0v) is 14.4. The summed E-state index contributed by atoms with van der Waals surface area (Å²) in [4.78, 5) is 3.64. The molecule has 2 heterocycles. The third-order valence-corrected chi connectivity index (χ3v) is 4.72. The summed E-state index contributed by atoms with van der Waals surface area (Å²) in [7, 11) is 2.12. The van der Waals surface area contributed by atoms with Gasteiger partial charge in [-0.05, 0) is 48.1 Å². The highest BCUT2D eigenvalue weighted by Crippen LogP contribution is 2.22. The monoisotopic (exact) mass is 356 g/mol. The van der Waals surface area contributed by atoms with Crippen LogP contribution >= 0.6 is 27.3 Å². The van der Waals surface area contributed by atoms with Gasteiger partial charge in [-0.2, -0.15) is 0 Å². The zero-order valence-electron chi connectivity index (χ0n) is 12.0. The number of nitrogens with one attached hydrogen (secondary N) is 1. The van der Waals surface area contributed by atoms with E-state index in [1.807, 2.05) is 0 Å². The van der Waals surface area contributed by atoms with E-state index >= 15 is 0 Å². The van der Waals surface area contributed by atoms with E-state index in [0.29, 0.717) is 0 Å². The summed E-state index contributed by atoms with van der Waals surface area (Å²) >= 11 is 5.27. The Kier molecular flexibility index (Phi) is 6.29. The van der Waals surface area contributed by atoms with Gasteiger partial charge < -0.3 is 9.73 Å². The molecule has 0 saturated heterocycles. The van der Waals surface area contributed by atoms with Crippen molar-refractivity contribution >= 4 is 27.3 Å². The molecule has 0 amide bonds. The standard InChI is InChI=1S/C15H21BrN2OS/c1-3-5-17-8-12-4-6-19-15(12)10-18(2)9-14-7-13(16)11-20-14/h4,6-7,11,17H,3,5,8-10H2,1-2H3. The Morgan fingerprint density at radius 2 is 2.25 bits per heavy atom. The van der Waals surface area contributed by atoms with Crippen LogP contribution in [0.4, 0.5) is 0 Å². The van der Waals surface area contributed by atoms with Gasteiger partial charge in [0.15, 0.2) is 0 Å². The summed E-state index contributed by atoms with van der Waals surface area (Å²) in [5, 5.41) is 5.54. The second-order valence-electron chi connectivity index (χ2n) is 4.95. The molecule has 0 saturated carbocycles. The molecule has 3 nitrogen and oxygen atoms in total. The second kappa shape index (κ2) is 7.98. The lowest BCUT2D eigenvalue weighted by Gasteiger charge is -2.15. The summed E-state index contributed by atoms with van der Waals surface area (Å²) in [5.74, 6) is 1.06. The first kappa shape index (κ1) is 15.8. The van der Waals surface area contributed by atoms with Gasteiger partial charge in [-0.1, -0.05) is 6.92 Å². The summed E-state index contributed by atoms with van der Waals surface area (Å²) in [6.45, 7) is 5.89.